The number of anilines is 1. The first kappa shape index (κ1) is 21.5. The average Bonchev–Trinajstić information content (AvgIpc) is 2.99. The molecular formula is C18H30BrIN4. The highest BCUT2D eigenvalue weighted by Gasteiger charge is 2.22. The summed E-state index contributed by atoms with van der Waals surface area (Å²) in [5.74, 6) is 2.20. The van der Waals surface area contributed by atoms with Crippen molar-refractivity contribution in [1.29, 1.82) is 0 Å². The van der Waals surface area contributed by atoms with Crippen molar-refractivity contribution in [3.8, 4) is 0 Å². The number of benzene rings is 1. The van der Waals surface area contributed by atoms with E-state index < -0.39 is 0 Å². The van der Waals surface area contributed by atoms with Gasteiger partial charge in [-0.2, -0.15) is 0 Å². The van der Waals surface area contributed by atoms with Crippen molar-refractivity contribution in [2.75, 3.05) is 37.6 Å². The molecule has 2 N–H and O–H groups in total. The molecular weight excluding hydrogens is 479 g/mol. The van der Waals surface area contributed by atoms with Gasteiger partial charge in [0.1, 0.15) is 0 Å². The monoisotopic (exact) mass is 508 g/mol. The molecule has 0 aliphatic carbocycles. The Labute approximate surface area is 172 Å². The Kier molecular flexibility index (Phi) is 10.0. The molecule has 24 heavy (non-hydrogen) atoms. The number of nitrogens with one attached hydrogen (secondary N) is 2. The molecule has 1 atom stereocenters. The Balaban J connectivity index is 0.00000288. The predicted octanol–water partition coefficient (Wildman–Crippen LogP) is 4.10. The van der Waals surface area contributed by atoms with Gasteiger partial charge in [-0.25, -0.2) is 0 Å². The third-order valence-electron chi connectivity index (χ3n) is 3.99. The zero-order valence-electron chi connectivity index (χ0n) is 14.9. The highest BCUT2D eigenvalue weighted by atomic mass is 127. The van der Waals surface area contributed by atoms with Crippen LogP contribution in [0.1, 0.15) is 27.2 Å². The molecule has 1 fully saturated rings. The topological polar surface area (TPSA) is 39.7 Å². The summed E-state index contributed by atoms with van der Waals surface area (Å²) in [5, 5.41) is 6.83. The Bertz CT molecular complexity index is 504. The summed E-state index contributed by atoms with van der Waals surface area (Å²) in [6.45, 7) is 11.5. The van der Waals surface area contributed by atoms with Crippen molar-refractivity contribution in [3.05, 3.63) is 28.7 Å². The fraction of sp³-hybridized carbons (Fsp3) is 0.611. The van der Waals surface area contributed by atoms with Crippen molar-refractivity contribution < 1.29 is 0 Å². The number of aliphatic imine (C=N–C) groups is 1. The summed E-state index contributed by atoms with van der Waals surface area (Å²) in [6, 6.07) is 8.60. The molecule has 1 aliphatic rings. The van der Waals surface area contributed by atoms with Gasteiger partial charge in [-0.15, -0.1) is 24.0 Å². The average molecular weight is 509 g/mol. The van der Waals surface area contributed by atoms with E-state index in [1.54, 1.807) is 0 Å². The molecule has 1 aromatic carbocycles. The zero-order chi connectivity index (χ0) is 16.7. The summed E-state index contributed by atoms with van der Waals surface area (Å²) in [7, 11) is 0. The van der Waals surface area contributed by atoms with Crippen LogP contribution in [-0.2, 0) is 0 Å². The number of nitrogens with zero attached hydrogens (tertiary/aromatic N) is 2. The van der Waals surface area contributed by atoms with Crippen LogP contribution in [0, 0.1) is 11.8 Å². The molecule has 0 spiro atoms. The number of guanidine groups is 1. The maximum absolute atomic E-state index is 4.64. The molecule has 0 radical (unpaired) electrons. The Morgan fingerprint density at radius 1 is 1.29 bits per heavy atom. The quantitative estimate of drug-likeness (QED) is 0.345. The normalized spacial score (nSPS) is 17.8. The second-order valence-electron chi connectivity index (χ2n) is 6.57. The molecule has 1 heterocycles. The highest BCUT2D eigenvalue weighted by Crippen LogP contribution is 2.24. The summed E-state index contributed by atoms with van der Waals surface area (Å²) >= 11 is 3.50. The lowest BCUT2D eigenvalue weighted by Gasteiger charge is -2.19. The number of halogens is 2. The van der Waals surface area contributed by atoms with Crippen LogP contribution in [0.15, 0.2) is 33.7 Å². The Morgan fingerprint density at radius 3 is 2.62 bits per heavy atom. The van der Waals surface area contributed by atoms with E-state index in [9.17, 15) is 0 Å². The van der Waals surface area contributed by atoms with Gasteiger partial charge in [-0.1, -0.05) is 29.8 Å². The van der Waals surface area contributed by atoms with E-state index in [0.29, 0.717) is 11.8 Å². The lowest BCUT2D eigenvalue weighted by atomic mass is 10.1. The highest BCUT2D eigenvalue weighted by molar-refractivity contribution is 14.0. The van der Waals surface area contributed by atoms with Crippen molar-refractivity contribution in [3.63, 3.8) is 0 Å². The van der Waals surface area contributed by atoms with E-state index in [1.165, 1.54) is 12.1 Å². The third-order valence-corrected chi connectivity index (χ3v) is 4.52. The van der Waals surface area contributed by atoms with Gasteiger partial charge in [-0.3, -0.25) is 4.99 Å². The van der Waals surface area contributed by atoms with Crippen LogP contribution >= 0.6 is 39.9 Å². The van der Waals surface area contributed by atoms with Crippen LogP contribution in [0.4, 0.5) is 5.69 Å². The SMILES string of the molecule is CCNC(=NCC(C)C)NCC1CCN(c2ccc(Br)cc2)C1.I. The van der Waals surface area contributed by atoms with Gasteiger partial charge in [0, 0.05) is 42.9 Å². The van der Waals surface area contributed by atoms with Gasteiger partial charge in [0.25, 0.3) is 0 Å². The van der Waals surface area contributed by atoms with Gasteiger partial charge in [-0.05, 0) is 49.4 Å². The molecule has 6 heteroatoms. The van der Waals surface area contributed by atoms with Crippen molar-refractivity contribution >= 4 is 51.6 Å². The fourth-order valence-corrected chi connectivity index (χ4v) is 3.01. The number of hydrogen-bond acceptors (Lipinski definition) is 2. The molecule has 1 saturated heterocycles. The minimum atomic E-state index is 0. The largest absolute Gasteiger partial charge is 0.371 e. The Morgan fingerprint density at radius 2 is 2.00 bits per heavy atom. The van der Waals surface area contributed by atoms with Crippen LogP contribution in [-0.4, -0.2) is 38.7 Å². The first-order valence-corrected chi connectivity index (χ1v) is 9.40. The second kappa shape index (κ2) is 11.2. The third kappa shape index (κ3) is 7.17. The molecule has 136 valence electrons. The molecule has 0 amide bonds. The summed E-state index contributed by atoms with van der Waals surface area (Å²) in [6.07, 6.45) is 1.23. The lowest BCUT2D eigenvalue weighted by Crippen LogP contribution is -2.40. The predicted molar refractivity (Wildman–Crippen MR) is 119 cm³/mol. The second-order valence-corrected chi connectivity index (χ2v) is 7.49. The van der Waals surface area contributed by atoms with Gasteiger partial charge in [0.05, 0.1) is 0 Å². The first-order chi connectivity index (χ1) is 11.1. The fourth-order valence-electron chi connectivity index (χ4n) is 2.74. The maximum Gasteiger partial charge on any atom is 0.191 e. The molecule has 2 rings (SSSR count). The van der Waals surface area contributed by atoms with Gasteiger partial charge in [0.15, 0.2) is 5.96 Å². The summed E-state index contributed by atoms with van der Waals surface area (Å²) < 4.78 is 1.13. The first-order valence-electron chi connectivity index (χ1n) is 8.61. The minimum absolute atomic E-state index is 0. The van der Waals surface area contributed by atoms with Crippen LogP contribution in [0.3, 0.4) is 0 Å². The molecule has 0 bridgehead atoms. The van der Waals surface area contributed by atoms with Crippen LogP contribution in [0.2, 0.25) is 0 Å². The standard InChI is InChI=1S/C18H29BrN4.HI/c1-4-20-18(21-11-14(2)3)22-12-15-9-10-23(13-15)17-7-5-16(19)6-8-17;/h5-8,14-15H,4,9-13H2,1-3H3,(H2,20,21,22);1H. The van der Waals surface area contributed by atoms with Crippen LogP contribution in [0.5, 0.6) is 0 Å². The zero-order valence-corrected chi connectivity index (χ0v) is 18.8. The minimum Gasteiger partial charge on any atom is -0.371 e. The summed E-state index contributed by atoms with van der Waals surface area (Å²) in [4.78, 5) is 7.11. The molecule has 1 aliphatic heterocycles. The molecule has 4 nitrogen and oxygen atoms in total. The van der Waals surface area contributed by atoms with Crippen molar-refractivity contribution in [1.82, 2.24) is 10.6 Å². The van der Waals surface area contributed by atoms with Crippen molar-refractivity contribution in [2.24, 2.45) is 16.8 Å². The van der Waals surface area contributed by atoms with Gasteiger partial charge < -0.3 is 15.5 Å². The maximum atomic E-state index is 4.64. The van der Waals surface area contributed by atoms with Gasteiger partial charge >= 0.3 is 0 Å². The number of rotatable bonds is 6. The molecule has 0 aromatic heterocycles. The van der Waals surface area contributed by atoms with E-state index in [4.69, 9.17) is 0 Å². The van der Waals surface area contributed by atoms with E-state index in [1.807, 2.05) is 0 Å². The molecule has 0 saturated carbocycles. The van der Waals surface area contributed by atoms with E-state index in [-0.39, 0.29) is 24.0 Å². The van der Waals surface area contributed by atoms with Crippen LogP contribution < -0.4 is 15.5 Å². The Hall–Kier alpha value is -0.500. The van der Waals surface area contributed by atoms with E-state index in [0.717, 1.165) is 43.2 Å². The van der Waals surface area contributed by atoms with Gasteiger partial charge in [0.2, 0.25) is 0 Å². The molecule has 1 aromatic rings. The lowest BCUT2D eigenvalue weighted by molar-refractivity contribution is 0.563. The summed E-state index contributed by atoms with van der Waals surface area (Å²) in [5.41, 5.74) is 1.32. The molecule has 1 unspecified atom stereocenters. The number of hydrogen-bond donors (Lipinski definition) is 2. The van der Waals surface area contributed by atoms with E-state index >= 15 is 0 Å². The van der Waals surface area contributed by atoms with E-state index in [2.05, 4.69) is 81.5 Å². The smallest absolute Gasteiger partial charge is 0.191 e. The van der Waals surface area contributed by atoms with Crippen LogP contribution in [0.25, 0.3) is 0 Å². The van der Waals surface area contributed by atoms with Crippen molar-refractivity contribution in [2.45, 2.75) is 27.2 Å².